The Balaban J connectivity index is 0.00000161. The molecular formula is C16H23ClN2O2. The largest absolute Gasteiger partial charge is 1.00 e. The van der Waals surface area contributed by atoms with Crippen molar-refractivity contribution in [3.63, 3.8) is 0 Å². The van der Waals surface area contributed by atoms with Crippen LogP contribution in [0.4, 0.5) is 5.69 Å². The van der Waals surface area contributed by atoms with Crippen LogP contribution < -0.4 is 22.2 Å². The van der Waals surface area contributed by atoms with Crippen molar-refractivity contribution in [2.45, 2.75) is 25.3 Å². The number of carbonyl (C=O) groups is 1. The molecule has 1 aromatic carbocycles. The van der Waals surface area contributed by atoms with Gasteiger partial charge in [-0.1, -0.05) is 17.7 Å². The topological polar surface area (TPSA) is 34.0 Å². The molecule has 5 heteroatoms. The molecule has 1 N–H and O–H groups in total. The number of benzene rings is 1. The fourth-order valence-corrected chi connectivity index (χ4v) is 3.72. The Kier molecular flexibility index (Phi) is 4.91. The molecular weight excluding hydrogens is 288 g/mol. The highest BCUT2D eigenvalue weighted by atomic mass is 35.5. The molecule has 0 radical (unpaired) electrons. The molecule has 0 saturated carbocycles. The maximum absolute atomic E-state index is 12.4. The Morgan fingerprint density at radius 3 is 2.95 bits per heavy atom. The number of fused-ring (bicyclic) bond motifs is 3. The smallest absolute Gasteiger partial charge is 0.253 e. The van der Waals surface area contributed by atoms with Gasteiger partial charge in [0.2, 0.25) is 0 Å². The molecule has 2 aliphatic rings. The average Bonchev–Trinajstić information content (AvgIpc) is 2.72. The van der Waals surface area contributed by atoms with Crippen molar-refractivity contribution in [1.29, 1.82) is 0 Å². The van der Waals surface area contributed by atoms with Crippen molar-refractivity contribution in [3.8, 4) is 0 Å². The van der Waals surface area contributed by atoms with Gasteiger partial charge in [0, 0.05) is 19.2 Å². The van der Waals surface area contributed by atoms with E-state index >= 15 is 0 Å². The fraction of sp³-hybridized carbons (Fsp3) is 0.562. The van der Waals surface area contributed by atoms with E-state index in [0.717, 1.165) is 25.2 Å². The van der Waals surface area contributed by atoms with Gasteiger partial charge >= 0.3 is 0 Å². The normalized spacial score (nSPS) is 26.8. The van der Waals surface area contributed by atoms with E-state index in [-0.39, 0.29) is 24.9 Å². The number of halogens is 1. The first-order valence-electron chi connectivity index (χ1n) is 7.34. The number of hydrogen-bond donors (Lipinski definition) is 1. The van der Waals surface area contributed by atoms with Crippen LogP contribution >= 0.6 is 0 Å². The summed E-state index contributed by atoms with van der Waals surface area (Å²) in [5.74, 6) is 0.559. The number of nitrogens with zero attached hydrogens (tertiary/aromatic N) is 1. The van der Waals surface area contributed by atoms with E-state index in [1.54, 1.807) is 12.0 Å². The number of likely N-dealkylation sites (tertiary alicyclic amines) is 1. The summed E-state index contributed by atoms with van der Waals surface area (Å²) in [6.07, 6.45) is 1.07. The highest BCUT2D eigenvalue weighted by Gasteiger charge is 2.45. The number of quaternary nitrogens is 1. The van der Waals surface area contributed by atoms with Crippen LogP contribution in [0.2, 0.25) is 0 Å². The minimum Gasteiger partial charge on any atom is -1.00 e. The monoisotopic (exact) mass is 310 g/mol. The van der Waals surface area contributed by atoms with Crippen LogP contribution in [0.1, 0.15) is 23.5 Å². The summed E-state index contributed by atoms with van der Waals surface area (Å²) >= 11 is 0. The molecule has 21 heavy (non-hydrogen) atoms. The van der Waals surface area contributed by atoms with E-state index < -0.39 is 0 Å². The van der Waals surface area contributed by atoms with Gasteiger partial charge in [0.1, 0.15) is 6.61 Å². The van der Waals surface area contributed by atoms with Crippen molar-refractivity contribution < 1.29 is 26.8 Å². The van der Waals surface area contributed by atoms with E-state index in [9.17, 15) is 4.79 Å². The van der Waals surface area contributed by atoms with E-state index in [1.165, 1.54) is 11.1 Å². The molecule has 116 valence electrons. The van der Waals surface area contributed by atoms with Crippen molar-refractivity contribution in [2.24, 2.45) is 0 Å². The number of ether oxygens (including phenoxy) is 1. The number of anilines is 1. The van der Waals surface area contributed by atoms with Gasteiger partial charge in [-0.2, -0.15) is 0 Å². The number of aryl methyl sites for hydroxylation is 1. The lowest BCUT2D eigenvalue weighted by Gasteiger charge is -2.34. The summed E-state index contributed by atoms with van der Waals surface area (Å²) in [5, 5.41) is 0. The van der Waals surface area contributed by atoms with Crippen LogP contribution in [-0.4, -0.2) is 45.8 Å². The van der Waals surface area contributed by atoms with Crippen molar-refractivity contribution in [1.82, 2.24) is 0 Å². The van der Waals surface area contributed by atoms with Gasteiger partial charge in [0.25, 0.3) is 5.91 Å². The van der Waals surface area contributed by atoms with E-state index in [2.05, 4.69) is 32.2 Å². The number of likely N-dealkylation sites (N-methyl/N-ethyl adjacent to an activating group) is 1. The molecule has 0 aliphatic carbocycles. The van der Waals surface area contributed by atoms with Crippen LogP contribution in [0.25, 0.3) is 0 Å². The number of nitrogens with one attached hydrogen (secondary N) is 1. The van der Waals surface area contributed by atoms with Crippen LogP contribution in [0.15, 0.2) is 18.2 Å². The zero-order valence-corrected chi connectivity index (χ0v) is 13.6. The molecule has 1 amide bonds. The molecule has 0 bridgehead atoms. The minimum absolute atomic E-state index is 0. The molecule has 2 aliphatic heterocycles. The van der Waals surface area contributed by atoms with Gasteiger partial charge < -0.3 is 26.9 Å². The summed E-state index contributed by atoms with van der Waals surface area (Å²) in [7, 11) is 3.83. The number of amides is 1. The van der Waals surface area contributed by atoms with Crippen LogP contribution in [0.3, 0.4) is 0 Å². The summed E-state index contributed by atoms with van der Waals surface area (Å²) in [6.45, 7) is 4.52. The second kappa shape index (κ2) is 6.34. The predicted octanol–water partition coefficient (Wildman–Crippen LogP) is -2.64. The zero-order valence-electron chi connectivity index (χ0n) is 12.9. The number of hydrogen-bond acceptors (Lipinski definition) is 2. The van der Waals surface area contributed by atoms with E-state index in [1.807, 2.05) is 4.90 Å². The van der Waals surface area contributed by atoms with Crippen molar-refractivity contribution in [2.75, 3.05) is 38.8 Å². The van der Waals surface area contributed by atoms with Gasteiger partial charge in [0.05, 0.1) is 32.1 Å². The third-order valence-corrected chi connectivity index (χ3v) is 4.61. The standard InChI is InChI=1S/C16H22N2O2.ClH/c1-11-4-5-14-12(8-11)13-9-17(2)7-6-15(13)18(14)16(19)10-20-3;/h4-5,8,13,15H,6-7,9-10H2,1-3H3;1H/t13-,15-;/m0./s1. The molecule has 1 unspecified atom stereocenters. The van der Waals surface area contributed by atoms with Crippen LogP contribution in [0.5, 0.6) is 0 Å². The number of carbonyl (C=O) groups excluding carboxylic acids is 1. The third kappa shape index (κ3) is 2.80. The maximum Gasteiger partial charge on any atom is 0.253 e. The summed E-state index contributed by atoms with van der Waals surface area (Å²) in [6, 6.07) is 6.77. The molecule has 4 nitrogen and oxygen atoms in total. The summed E-state index contributed by atoms with van der Waals surface area (Å²) in [5.41, 5.74) is 3.72. The number of rotatable bonds is 2. The quantitative estimate of drug-likeness (QED) is 0.648. The highest BCUT2D eigenvalue weighted by molar-refractivity contribution is 5.97. The summed E-state index contributed by atoms with van der Waals surface area (Å²) in [4.78, 5) is 16.0. The lowest BCUT2D eigenvalue weighted by atomic mass is 9.89. The molecule has 3 rings (SSSR count). The van der Waals surface area contributed by atoms with Crippen LogP contribution in [0, 0.1) is 6.92 Å². The Labute approximate surface area is 132 Å². The minimum atomic E-state index is 0. The molecule has 0 spiro atoms. The molecule has 1 saturated heterocycles. The summed E-state index contributed by atoms with van der Waals surface area (Å²) < 4.78 is 5.06. The Morgan fingerprint density at radius 1 is 1.48 bits per heavy atom. The zero-order chi connectivity index (χ0) is 14.3. The van der Waals surface area contributed by atoms with Gasteiger partial charge in [0.15, 0.2) is 0 Å². The first kappa shape index (κ1) is 16.3. The third-order valence-electron chi connectivity index (χ3n) is 4.61. The maximum atomic E-state index is 12.4. The average molecular weight is 311 g/mol. The van der Waals surface area contributed by atoms with Crippen LogP contribution in [-0.2, 0) is 9.53 Å². The molecule has 1 aromatic rings. The Hall–Kier alpha value is -1.10. The molecule has 3 atom stereocenters. The first-order chi connectivity index (χ1) is 9.61. The highest BCUT2D eigenvalue weighted by Crippen LogP contribution is 2.42. The van der Waals surface area contributed by atoms with Crippen molar-refractivity contribution >= 4 is 11.6 Å². The second-order valence-corrected chi connectivity index (χ2v) is 6.13. The molecule has 1 fully saturated rings. The number of piperidine rings is 1. The fourth-order valence-electron chi connectivity index (χ4n) is 3.72. The van der Waals surface area contributed by atoms with Gasteiger partial charge in [-0.15, -0.1) is 0 Å². The Morgan fingerprint density at radius 2 is 2.24 bits per heavy atom. The Bertz CT molecular complexity index is 535. The van der Waals surface area contributed by atoms with E-state index in [0.29, 0.717) is 12.0 Å². The molecule has 0 aromatic heterocycles. The van der Waals surface area contributed by atoms with E-state index in [4.69, 9.17) is 4.74 Å². The molecule has 2 heterocycles. The first-order valence-corrected chi connectivity index (χ1v) is 7.34. The predicted molar refractivity (Wildman–Crippen MR) is 78.3 cm³/mol. The lowest BCUT2D eigenvalue weighted by molar-refractivity contribution is -0.886. The SMILES string of the molecule is COCC(=O)N1c2ccc(C)cc2[C@@H]2C[NH+](C)CC[C@@H]21.[Cl-]. The second-order valence-electron chi connectivity index (χ2n) is 6.13. The van der Waals surface area contributed by atoms with Gasteiger partial charge in [-0.25, -0.2) is 0 Å². The van der Waals surface area contributed by atoms with Gasteiger partial charge in [-0.3, -0.25) is 4.79 Å². The number of methoxy groups -OCH3 is 1. The van der Waals surface area contributed by atoms with Crippen molar-refractivity contribution in [3.05, 3.63) is 29.3 Å². The van der Waals surface area contributed by atoms with Gasteiger partial charge in [-0.05, 0) is 18.6 Å². The lowest BCUT2D eigenvalue weighted by Crippen LogP contribution is -3.11.